The van der Waals surface area contributed by atoms with Crippen LogP contribution in [0.2, 0.25) is 0 Å². The molecule has 4 rings (SSSR count). The zero-order valence-corrected chi connectivity index (χ0v) is 17.7. The van der Waals surface area contributed by atoms with Crippen molar-refractivity contribution in [1.29, 1.82) is 0 Å². The van der Waals surface area contributed by atoms with Crippen LogP contribution in [0, 0.1) is 5.82 Å². The normalized spacial score (nSPS) is 12.9. The number of nitrogens with two attached hydrogens (primary N) is 1. The van der Waals surface area contributed by atoms with E-state index in [0.717, 1.165) is 18.4 Å². The predicted molar refractivity (Wildman–Crippen MR) is 122 cm³/mol. The van der Waals surface area contributed by atoms with Crippen molar-refractivity contribution in [2.24, 2.45) is 5.73 Å². The number of rotatable bonds is 7. The molecule has 0 atom stereocenters. The highest BCUT2D eigenvalue weighted by atomic mass is 19.1. The molecule has 0 spiro atoms. The summed E-state index contributed by atoms with van der Waals surface area (Å²) >= 11 is 0. The number of carbonyl (C=O) groups is 2. The molecule has 1 aliphatic rings. The molecule has 0 saturated carbocycles. The highest BCUT2D eigenvalue weighted by molar-refractivity contribution is 5.97. The van der Waals surface area contributed by atoms with E-state index in [1.807, 2.05) is 6.07 Å². The molecule has 1 fully saturated rings. The summed E-state index contributed by atoms with van der Waals surface area (Å²) in [4.78, 5) is 38.2. The van der Waals surface area contributed by atoms with E-state index in [1.165, 1.54) is 24.4 Å². The van der Waals surface area contributed by atoms with E-state index in [4.69, 9.17) is 5.73 Å². The van der Waals surface area contributed by atoms with Crippen LogP contribution in [0.15, 0.2) is 48.9 Å². The van der Waals surface area contributed by atoms with Gasteiger partial charge in [0, 0.05) is 43.9 Å². The number of pyridine rings is 1. The minimum Gasteiger partial charge on any atom is -0.365 e. The molecule has 1 saturated heterocycles. The van der Waals surface area contributed by atoms with Gasteiger partial charge in [-0.25, -0.2) is 14.2 Å². The van der Waals surface area contributed by atoms with Crippen molar-refractivity contribution in [2.45, 2.75) is 19.4 Å². The van der Waals surface area contributed by atoms with Gasteiger partial charge in [0.2, 0.25) is 5.95 Å². The Morgan fingerprint density at radius 2 is 1.97 bits per heavy atom. The topological polar surface area (TPSA) is 138 Å². The first-order valence-electron chi connectivity index (χ1n) is 10.4. The molecule has 11 heteroatoms. The van der Waals surface area contributed by atoms with Gasteiger partial charge in [-0.05, 0) is 42.7 Å². The maximum Gasteiger partial charge on any atom is 0.321 e. The molecule has 0 radical (unpaired) electrons. The standard InChI is InChI=1S/C22H23FN8O2/c23-17-6-5-15(10-18(17)29-22(33)31-8-1-2-9-31)28-21-27-13-16(19(24)32)20(30-21)26-12-14-4-3-7-25-11-14/h3-7,10-11,13H,1-2,8-9,12H2,(H2,24,32)(H,29,33)(H2,26,27,28,30). The minimum absolute atomic E-state index is 0.0422. The van der Waals surface area contributed by atoms with Crippen LogP contribution in [0.1, 0.15) is 28.8 Å². The Morgan fingerprint density at radius 1 is 1.15 bits per heavy atom. The third-order valence-electron chi connectivity index (χ3n) is 5.09. The van der Waals surface area contributed by atoms with Crippen LogP contribution in [0.4, 0.5) is 32.3 Å². The Labute approximate surface area is 189 Å². The van der Waals surface area contributed by atoms with Crippen LogP contribution in [-0.2, 0) is 6.54 Å². The summed E-state index contributed by atoms with van der Waals surface area (Å²) in [6, 6.07) is 7.52. The molecule has 3 amide bonds. The number of halogens is 1. The summed E-state index contributed by atoms with van der Waals surface area (Å²) in [5.74, 6) is -0.827. The predicted octanol–water partition coefficient (Wildman–Crippen LogP) is 3.09. The van der Waals surface area contributed by atoms with Gasteiger partial charge in [-0.1, -0.05) is 6.07 Å². The number of likely N-dealkylation sites (tertiary alicyclic amines) is 1. The van der Waals surface area contributed by atoms with Gasteiger partial charge in [0.15, 0.2) is 0 Å². The molecule has 3 heterocycles. The molecule has 0 unspecified atom stereocenters. The second kappa shape index (κ2) is 9.90. The fourth-order valence-corrected chi connectivity index (χ4v) is 3.39. The van der Waals surface area contributed by atoms with Gasteiger partial charge < -0.3 is 26.6 Å². The number of anilines is 4. The second-order valence-electron chi connectivity index (χ2n) is 7.48. The summed E-state index contributed by atoms with van der Waals surface area (Å²) in [5, 5.41) is 8.63. The highest BCUT2D eigenvalue weighted by Gasteiger charge is 2.19. The van der Waals surface area contributed by atoms with Crippen LogP contribution in [-0.4, -0.2) is 44.9 Å². The molecule has 2 aromatic heterocycles. The van der Waals surface area contributed by atoms with Gasteiger partial charge in [-0.2, -0.15) is 4.98 Å². The number of aromatic nitrogens is 3. The van der Waals surface area contributed by atoms with Gasteiger partial charge in [-0.3, -0.25) is 9.78 Å². The van der Waals surface area contributed by atoms with Crippen LogP contribution in [0.3, 0.4) is 0 Å². The number of amides is 3. The Kier molecular flexibility index (Phi) is 6.58. The van der Waals surface area contributed by atoms with Gasteiger partial charge in [0.05, 0.1) is 11.3 Å². The van der Waals surface area contributed by atoms with E-state index in [1.54, 1.807) is 23.4 Å². The number of benzene rings is 1. The lowest BCUT2D eigenvalue weighted by molar-refractivity contribution is 0.100. The zero-order valence-electron chi connectivity index (χ0n) is 17.7. The van der Waals surface area contributed by atoms with E-state index in [0.29, 0.717) is 25.3 Å². The first-order chi connectivity index (χ1) is 16.0. The van der Waals surface area contributed by atoms with Crippen LogP contribution < -0.4 is 21.7 Å². The third kappa shape index (κ3) is 5.50. The number of hydrogen-bond acceptors (Lipinski definition) is 7. The quantitative estimate of drug-likeness (QED) is 0.434. The van der Waals surface area contributed by atoms with Crippen LogP contribution >= 0.6 is 0 Å². The Bertz CT molecular complexity index is 1150. The molecule has 0 aliphatic carbocycles. The largest absolute Gasteiger partial charge is 0.365 e. The number of nitrogens with zero attached hydrogens (tertiary/aromatic N) is 4. The molecule has 0 bridgehead atoms. The molecule has 33 heavy (non-hydrogen) atoms. The Balaban J connectivity index is 1.50. The van der Waals surface area contributed by atoms with E-state index < -0.39 is 11.7 Å². The maximum atomic E-state index is 14.3. The molecule has 10 nitrogen and oxygen atoms in total. The Hall–Kier alpha value is -4.28. The Morgan fingerprint density at radius 3 is 2.70 bits per heavy atom. The first kappa shape index (κ1) is 21.9. The summed E-state index contributed by atoms with van der Waals surface area (Å²) < 4.78 is 14.3. The molecule has 170 valence electrons. The third-order valence-corrected chi connectivity index (χ3v) is 5.09. The minimum atomic E-state index is -0.677. The number of urea groups is 1. The number of nitrogens with one attached hydrogen (secondary N) is 3. The number of hydrogen-bond donors (Lipinski definition) is 4. The SMILES string of the molecule is NC(=O)c1cnc(Nc2ccc(F)c(NC(=O)N3CCCC3)c2)nc1NCc1cccnc1. The van der Waals surface area contributed by atoms with Gasteiger partial charge in [-0.15, -0.1) is 0 Å². The molecule has 3 aromatic rings. The summed E-state index contributed by atoms with van der Waals surface area (Å²) in [7, 11) is 0. The lowest BCUT2D eigenvalue weighted by Gasteiger charge is -2.17. The summed E-state index contributed by atoms with van der Waals surface area (Å²) in [5.41, 5.74) is 6.96. The summed E-state index contributed by atoms with van der Waals surface area (Å²) in [6.45, 7) is 1.67. The lowest BCUT2D eigenvalue weighted by Crippen LogP contribution is -2.32. The lowest BCUT2D eigenvalue weighted by atomic mass is 10.2. The van der Waals surface area contributed by atoms with Crippen molar-refractivity contribution >= 4 is 35.1 Å². The van der Waals surface area contributed by atoms with Crippen molar-refractivity contribution < 1.29 is 14.0 Å². The van der Waals surface area contributed by atoms with Crippen molar-refractivity contribution in [2.75, 3.05) is 29.0 Å². The average Bonchev–Trinajstić information content (AvgIpc) is 3.36. The monoisotopic (exact) mass is 450 g/mol. The molecule has 1 aromatic carbocycles. The average molecular weight is 450 g/mol. The molecule has 1 aliphatic heterocycles. The molecular weight excluding hydrogens is 427 g/mol. The number of carbonyl (C=O) groups excluding carboxylic acids is 2. The second-order valence-corrected chi connectivity index (χ2v) is 7.48. The van der Waals surface area contributed by atoms with E-state index >= 15 is 0 Å². The van der Waals surface area contributed by atoms with Crippen molar-refractivity contribution in [3.8, 4) is 0 Å². The van der Waals surface area contributed by atoms with Crippen LogP contribution in [0.5, 0.6) is 0 Å². The smallest absolute Gasteiger partial charge is 0.321 e. The van der Waals surface area contributed by atoms with Gasteiger partial charge in [0.1, 0.15) is 11.6 Å². The van der Waals surface area contributed by atoms with Crippen LogP contribution in [0.25, 0.3) is 0 Å². The molecular formula is C22H23FN8O2. The van der Waals surface area contributed by atoms with E-state index in [2.05, 4.69) is 30.9 Å². The maximum absolute atomic E-state index is 14.3. The van der Waals surface area contributed by atoms with E-state index in [9.17, 15) is 14.0 Å². The fraction of sp³-hybridized carbons (Fsp3) is 0.227. The highest BCUT2D eigenvalue weighted by Crippen LogP contribution is 2.24. The van der Waals surface area contributed by atoms with Crippen molar-refractivity contribution in [3.63, 3.8) is 0 Å². The van der Waals surface area contributed by atoms with E-state index in [-0.39, 0.29) is 29.0 Å². The fourth-order valence-electron chi connectivity index (χ4n) is 3.39. The first-order valence-corrected chi connectivity index (χ1v) is 10.4. The summed E-state index contributed by atoms with van der Waals surface area (Å²) in [6.07, 6.45) is 6.53. The van der Waals surface area contributed by atoms with Crippen molar-refractivity contribution in [1.82, 2.24) is 19.9 Å². The molecule has 5 N–H and O–H groups in total. The number of primary amides is 1. The zero-order chi connectivity index (χ0) is 23.2. The van der Waals surface area contributed by atoms with Gasteiger partial charge in [0.25, 0.3) is 5.91 Å². The van der Waals surface area contributed by atoms with Gasteiger partial charge >= 0.3 is 6.03 Å². The van der Waals surface area contributed by atoms with Crippen molar-refractivity contribution in [3.05, 3.63) is 65.9 Å².